The van der Waals surface area contributed by atoms with Crippen LogP contribution in [0, 0.1) is 11.6 Å². The van der Waals surface area contributed by atoms with Crippen molar-refractivity contribution in [2.24, 2.45) is 7.05 Å². The van der Waals surface area contributed by atoms with Crippen molar-refractivity contribution in [3.63, 3.8) is 0 Å². The molecular weight excluding hydrogens is 340 g/mol. The maximum absolute atomic E-state index is 13.8. The second kappa shape index (κ2) is 6.40. The van der Waals surface area contributed by atoms with Crippen LogP contribution in [0.4, 0.5) is 8.78 Å². The minimum Gasteiger partial charge on any atom is -0.480 e. The summed E-state index contributed by atoms with van der Waals surface area (Å²) in [5, 5.41) is 2.78. The zero-order chi connectivity index (χ0) is 18.3. The molecule has 5 nitrogen and oxygen atoms in total. The number of amides is 1. The Morgan fingerprint density at radius 3 is 2.81 bits per heavy atom. The van der Waals surface area contributed by atoms with E-state index in [0.717, 1.165) is 0 Å². The Balaban J connectivity index is 1.38. The summed E-state index contributed by atoms with van der Waals surface area (Å²) >= 11 is 0. The van der Waals surface area contributed by atoms with Gasteiger partial charge >= 0.3 is 0 Å². The van der Waals surface area contributed by atoms with Gasteiger partial charge in [-0.1, -0.05) is 12.1 Å². The lowest BCUT2D eigenvalue weighted by Gasteiger charge is -2.11. The van der Waals surface area contributed by atoms with E-state index in [1.807, 2.05) is 11.6 Å². The Labute approximate surface area is 148 Å². The summed E-state index contributed by atoms with van der Waals surface area (Å²) in [5.41, 5.74) is 1.45. The summed E-state index contributed by atoms with van der Waals surface area (Å²) in [6, 6.07) is 9.37. The number of halogens is 2. The first-order valence-electron chi connectivity index (χ1n) is 8.36. The zero-order valence-electron chi connectivity index (χ0n) is 14.1. The molecule has 0 bridgehead atoms. The molecule has 7 heteroatoms. The summed E-state index contributed by atoms with van der Waals surface area (Å²) in [5.74, 6) is 0.0562. The molecule has 134 valence electrons. The fourth-order valence-corrected chi connectivity index (χ4v) is 3.24. The average Bonchev–Trinajstić information content (AvgIpc) is 3.19. The van der Waals surface area contributed by atoms with Crippen molar-refractivity contribution >= 4 is 16.9 Å². The first kappa shape index (κ1) is 16.5. The molecule has 0 fully saturated rings. The van der Waals surface area contributed by atoms with Gasteiger partial charge in [-0.15, -0.1) is 0 Å². The highest BCUT2D eigenvalue weighted by Crippen LogP contribution is 2.30. The number of aromatic nitrogens is 2. The van der Waals surface area contributed by atoms with E-state index in [-0.39, 0.29) is 24.0 Å². The van der Waals surface area contributed by atoms with Crippen LogP contribution in [-0.4, -0.2) is 28.1 Å². The predicted octanol–water partition coefficient (Wildman–Crippen LogP) is 2.51. The van der Waals surface area contributed by atoms with Gasteiger partial charge in [-0.3, -0.25) is 4.79 Å². The second-order valence-corrected chi connectivity index (χ2v) is 6.26. The largest absolute Gasteiger partial charge is 0.480 e. The highest BCUT2D eigenvalue weighted by atomic mass is 19.1. The molecule has 1 unspecified atom stereocenters. The lowest BCUT2D eigenvalue weighted by molar-refractivity contribution is -0.127. The summed E-state index contributed by atoms with van der Waals surface area (Å²) in [6.45, 7) is 0.330. The molecule has 0 spiro atoms. The van der Waals surface area contributed by atoms with Crippen LogP contribution in [0.2, 0.25) is 0 Å². The Morgan fingerprint density at radius 1 is 1.27 bits per heavy atom. The van der Waals surface area contributed by atoms with Crippen LogP contribution < -0.4 is 10.1 Å². The molecule has 4 rings (SSSR count). The van der Waals surface area contributed by atoms with Gasteiger partial charge in [0, 0.05) is 32.0 Å². The number of aryl methyl sites for hydroxylation is 1. The van der Waals surface area contributed by atoms with Gasteiger partial charge in [0.05, 0.1) is 5.52 Å². The van der Waals surface area contributed by atoms with Gasteiger partial charge < -0.3 is 14.6 Å². The van der Waals surface area contributed by atoms with E-state index < -0.39 is 6.10 Å². The van der Waals surface area contributed by atoms with E-state index in [9.17, 15) is 13.6 Å². The number of fused-ring (bicyclic) bond motifs is 2. The van der Waals surface area contributed by atoms with Crippen LogP contribution in [0.3, 0.4) is 0 Å². The van der Waals surface area contributed by atoms with Crippen molar-refractivity contribution in [2.75, 3.05) is 6.54 Å². The predicted molar refractivity (Wildman–Crippen MR) is 91.9 cm³/mol. The lowest BCUT2D eigenvalue weighted by Crippen LogP contribution is -2.38. The number of imidazole rings is 1. The van der Waals surface area contributed by atoms with Crippen molar-refractivity contribution in [1.29, 1.82) is 0 Å². The van der Waals surface area contributed by atoms with Crippen LogP contribution in [0.1, 0.15) is 11.4 Å². The number of carbonyl (C=O) groups excluding carboxylic acids is 1. The van der Waals surface area contributed by atoms with E-state index >= 15 is 0 Å². The van der Waals surface area contributed by atoms with Crippen molar-refractivity contribution in [3.8, 4) is 5.75 Å². The quantitative estimate of drug-likeness (QED) is 0.781. The van der Waals surface area contributed by atoms with Crippen LogP contribution in [0.15, 0.2) is 36.4 Å². The highest BCUT2D eigenvalue weighted by molar-refractivity contribution is 5.82. The SMILES string of the molecule is Cn1c(CCNC(=O)C2Cc3c(F)cccc3O2)nc2c(F)cccc21. The van der Waals surface area contributed by atoms with Gasteiger partial charge in [-0.05, 0) is 24.3 Å². The molecular formula is C19H17F2N3O2. The third kappa shape index (κ3) is 2.79. The van der Waals surface area contributed by atoms with Crippen molar-refractivity contribution in [3.05, 3.63) is 59.4 Å². The first-order chi connectivity index (χ1) is 12.5. The molecule has 1 atom stereocenters. The average molecular weight is 357 g/mol. The topological polar surface area (TPSA) is 56.2 Å². The summed E-state index contributed by atoms with van der Waals surface area (Å²) < 4.78 is 34.9. The molecule has 1 amide bonds. The van der Waals surface area contributed by atoms with Crippen LogP contribution in [0.25, 0.3) is 11.0 Å². The van der Waals surface area contributed by atoms with Crippen molar-refractivity contribution in [2.45, 2.75) is 18.9 Å². The number of nitrogens with zero attached hydrogens (tertiary/aromatic N) is 2. The number of rotatable bonds is 4. The molecule has 0 radical (unpaired) electrons. The highest BCUT2D eigenvalue weighted by Gasteiger charge is 2.30. The molecule has 3 aromatic rings. The first-order valence-corrected chi connectivity index (χ1v) is 8.36. The molecule has 1 aromatic heterocycles. The smallest absolute Gasteiger partial charge is 0.261 e. The molecule has 0 saturated carbocycles. The third-order valence-electron chi connectivity index (χ3n) is 4.63. The van der Waals surface area contributed by atoms with Crippen LogP contribution in [-0.2, 0) is 24.7 Å². The standard InChI is InChI=1S/C19H17F2N3O2/c1-24-14-6-2-5-13(21)18(14)23-17(24)8-9-22-19(25)16-10-11-12(20)4-3-7-15(11)26-16/h2-7,16H,8-10H2,1H3,(H,22,25). The van der Waals surface area contributed by atoms with Gasteiger partial charge in [0.2, 0.25) is 0 Å². The van der Waals surface area contributed by atoms with E-state index in [1.165, 1.54) is 12.1 Å². The van der Waals surface area contributed by atoms with Gasteiger partial charge in [0.15, 0.2) is 11.9 Å². The van der Waals surface area contributed by atoms with Crippen molar-refractivity contribution < 1.29 is 18.3 Å². The van der Waals surface area contributed by atoms with E-state index in [0.29, 0.717) is 41.1 Å². The Kier molecular flexibility index (Phi) is 4.06. The normalized spacial score (nSPS) is 15.7. The Morgan fingerprint density at radius 2 is 2.04 bits per heavy atom. The van der Waals surface area contributed by atoms with Gasteiger partial charge in [-0.2, -0.15) is 0 Å². The van der Waals surface area contributed by atoms with Crippen LogP contribution in [0.5, 0.6) is 5.75 Å². The number of para-hydroxylation sites is 1. The summed E-state index contributed by atoms with van der Waals surface area (Å²) in [7, 11) is 1.81. The maximum Gasteiger partial charge on any atom is 0.261 e. The molecule has 1 aliphatic rings. The van der Waals surface area contributed by atoms with Gasteiger partial charge in [0.1, 0.15) is 22.9 Å². The van der Waals surface area contributed by atoms with Gasteiger partial charge in [0.25, 0.3) is 5.91 Å². The van der Waals surface area contributed by atoms with Crippen molar-refractivity contribution in [1.82, 2.24) is 14.9 Å². The monoisotopic (exact) mass is 357 g/mol. The molecule has 2 heterocycles. The molecule has 0 aliphatic carbocycles. The number of nitrogens with one attached hydrogen (secondary N) is 1. The molecule has 1 N–H and O–H groups in total. The van der Waals surface area contributed by atoms with E-state index in [1.54, 1.807) is 24.3 Å². The van der Waals surface area contributed by atoms with E-state index in [2.05, 4.69) is 10.3 Å². The zero-order valence-corrected chi connectivity index (χ0v) is 14.1. The number of ether oxygens (including phenoxy) is 1. The molecule has 1 aliphatic heterocycles. The van der Waals surface area contributed by atoms with E-state index in [4.69, 9.17) is 4.74 Å². The van der Waals surface area contributed by atoms with Gasteiger partial charge in [-0.25, -0.2) is 13.8 Å². The second-order valence-electron chi connectivity index (χ2n) is 6.26. The summed E-state index contributed by atoms with van der Waals surface area (Å²) in [4.78, 5) is 16.6. The number of benzene rings is 2. The molecule has 0 saturated heterocycles. The number of carbonyl (C=O) groups is 1. The molecule has 2 aromatic carbocycles. The Hall–Kier alpha value is -2.96. The fraction of sp³-hybridized carbons (Fsp3) is 0.263. The Bertz CT molecular complexity index is 1000. The minimum atomic E-state index is -0.736. The third-order valence-corrected chi connectivity index (χ3v) is 4.63. The fourth-order valence-electron chi connectivity index (χ4n) is 3.24. The molecule has 26 heavy (non-hydrogen) atoms. The minimum absolute atomic E-state index is 0.214. The maximum atomic E-state index is 13.8. The lowest BCUT2D eigenvalue weighted by atomic mass is 10.1. The number of hydrogen-bond donors (Lipinski definition) is 1. The van der Waals surface area contributed by atoms with Crippen LogP contribution >= 0.6 is 0 Å². The summed E-state index contributed by atoms with van der Waals surface area (Å²) in [6.07, 6.45) is -0.0739. The number of hydrogen-bond acceptors (Lipinski definition) is 3.